The Labute approximate surface area is 153 Å². The maximum atomic E-state index is 13.1. The van der Waals surface area contributed by atoms with Crippen LogP contribution >= 0.6 is 0 Å². The van der Waals surface area contributed by atoms with E-state index in [0.717, 1.165) is 0 Å². The van der Waals surface area contributed by atoms with Crippen molar-refractivity contribution in [3.8, 4) is 0 Å². The van der Waals surface area contributed by atoms with Crippen LogP contribution in [0.15, 0.2) is 30.5 Å². The van der Waals surface area contributed by atoms with Crippen LogP contribution in [0.2, 0.25) is 0 Å². The van der Waals surface area contributed by atoms with E-state index in [1.807, 2.05) is 13.8 Å². The van der Waals surface area contributed by atoms with Gasteiger partial charge in [-0.05, 0) is 32.8 Å². The van der Waals surface area contributed by atoms with Gasteiger partial charge in [-0.1, -0.05) is 32.0 Å². The standard InChI is InChI=1S/C20H26N2O4/c1-13(2)12-26-19(25)21-11-16(15-9-7-8-10-17(15)21)18(24)22(14(3)23)20(4,5)6/h7-11,13H,12H2,1-6H3. The molecule has 0 atom stereocenters. The Balaban J connectivity index is 2.53. The molecule has 0 spiro atoms. The van der Waals surface area contributed by atoms with Crippen molar-refractivity contribution >= 4 is 28.8 Å². The molecule has 2 amide bonds. The van der Waals surface area contributed by atoms with Gasteiger partial charge in [-0.15, -0.1) is 0 Å². The third kappa shape index (κ3) is 3.95. The fourth-order valence-corrected chi connectivity index (χ4v) is 2.85. The predicted molar refractivity (Wildman–Crippen MR) is 100 cm³/mol. The van der Waals surface area contributed by atoms with Crippen LogP contribution in [0.1, 0.15) is 51.9 Å². The van der Waals surface area contributed by atoms with E-state index >= 15 is 0 Å². The van der Waals surface area contributed by atoms with E-state index in [4.69, 9.17) is 4.74 Å². The van der Waals surface area contributed by atoms with Crippen LogP contribution in [0.3, 0.4) is 0 Å². The summed E-state index contributed by atoms with van der Waals surface area (Å²) in [6.45, 7) is 10.9. The van der Waals surface area contributed by atoms with Crippen LogP contribution < -0.4 is 0 Å². The van der Waals surface area contributed by atoms with Gasteiger partial charge in [-0.25, -0.2) is 4.79 Å². The van der Waals surface area contributed by atoms with Crippen molar-refractivity contribution in [1.29, 1.82) is 0 Å². The first-order valence-corrected chi connectivity index (χ1v) is 8.66. The van der Waals surface area contributed by atoms with Gasteiger partial charge in [0.15, 0.2) is 0 Å². The van der Waals surface area contributed by atoms with E-state index in [1.165, 1.54) is 22.6 Å². The highest BCUT2D eigenvalue weighted by atomic mass is 16.5. The Morgan fingerprint density at radius 2 is 1.77 bits per heavy atom. The molecule has 0 bridgehead atoms. The summed E-state index contributed by atoms with van der Waals surface area (Å²) >= 11 is 0. The molecule has 2 rings (SSSR count). The van der Waals surface area contributed by atoms with Crippen molar-refractivity contribution in [1.82, 2.24) is 9.47 Å². The SMILES string of the molecule is CC(=O)N(C(=O)c1cn(C(=O)OCC(C)C)c2ccccc12)C(C)(C)C. The summed E-state index contributed by atoms with van der Waals surface area (Å²) in [5.74, 6) is -0.575. The number of carbonyl (C=O) groups is 3. The fourth-order valence-electron chi connectivity index (χ4n) is 2.85. The lowest BCUT2D eigenvalue weighted by molar-refractivity contribution is -0.129. The van der Waals surface area contributed by atoms with Crippen molar-refractivity contribution in [2.75, 3.05) is 6.61 Å². The zero-order valence-corrected chi connectivity index (χ0v) is 16.2. The van der Waals surface area contributed by atoms with Gasteiger partial charge in [0.05, 0.1) is 17.7 Å². The van der Waals surface area contributed by atoms with Crippen molar-refractivity contribution in [3.63, 3.8) is 0 Å². The van der Waals surface area contributed by atoms with Crippen LogP contribution in [0, 0.1) is 5.92 Å². The minimum Gasteiger partial charge on any atom is -0.449 e. The molecule has 0 saturated carbocycles. The molecule has 0 radical (unpaired) electrons. The molecule has 1 heterocycles. The molecule has 6 nitrogen and oxygen atoms in total. The molecule has 140 valence electrons. The lowest BCUT2D eigenvalue weighted by Gasteiger charge is -2.32. The van der Waals surface area contributed by atoms with Crippen molar-refractivity contribution in [2.45, 2.75) is 47.1 Å². The van der Waals surface area contributed by atoms with Crippen molar-refractivity contribution < 1.29 is 19.1 Å². The van der Waals surface area contributed by atoms with E-state index < -0.39 is 17.5 Å². The van der Waals surface area contributed by atoms with E-state index in [1.54, 1.807) is 45.0 Å². The number of hydrogen-bond acceptors (Lipinski definition) is 4. The number of imide groups is 1. The molecule has 0 aliphatic heterocycles. The fraction of sp³-hybridized carbons (Fsp3) is 0.450. The number of rotatable bonds is 3. The summed E-state index contributed by atoms with van der Waals surface area (Å²) in [6.07, 6.45) is 0.913. The molecule has 1 aromatic heterocycles. The number of hydrogen-bond donors (Lipinski definition) is 0. The Morgan fingerprint density at radius 3 is 2.31 bits per heavy atom. The summed E-state index contributed by atoms with van der Waals surface area (Å²) in [5, 5.41) is 0.606. The van der Waals surface area contributed by atoms with Crippen LogP contribution in [-0.2, 0) is 9.53 Å². The first-order chi connectivity index (χ1) is 12.0. The van der Waals surface area contributed by atoms with Crippen LogP contribution in [0.5, 0.6) is 0 Å². The topological polar surface area (TPSA) is 68.6 Å². The van der Waals surface area contributed by atoms with E-state index in [-0.39, 0.29) is 18.4 Å². The molecule has 0 aliphatic carbocycles. The van der Waals surface area contributed by atoms with Crippen LogP contribution in [0.25, 0.3) is 10.9 Å². The van der Waals surface area contributed by atoms with Crippen LogP contribution in [-0.4, -0.2) is 39.5 Å². The lowest BCUT2D eigenvalue weighted by Crippen LogP contribution is -2.48. The first-order valence-electron chi connectivity index (χ1n) is 8.66. The minimum absolute atomic E-state index is 0.205. The highest BCUT2D eigenvalue weighted by Crippen LogP contribution is 2.26. The Kier molecular flexibility index (Phi) is 5.54. The normalized spacial score (nSPS) is 11.7. The molecular weight excluding hydrogens is 332 g/mol. The quantitative estimate of drug-likeness (QED) is 0.829. The molecule has 1 aromatic carbocycles. The van der Waals surface area contributed by atoms with Gasteiger partial charge in [-0.2, -0.15) is 0 Å². The summed E-state index contributed by atoms with van der Waals surface area (Å²) in [5.41, 5.74) is 0.193. The lowest BCUT2D eigenvalue weighted by atomic mass is 10.0. The van der Waals surface area contributed by atoms with Gasteiger partial charge in [0.2, 0.25) is 5.91 Å². The van der Waals surface area contributed by atoms with Gasteiger partial charge in [0.1, 0.15) is 0 Å². The van der Waals surface area contributed by atoms with Crippen molar-refractivity contribution in [3.05, 3.63) is 36.0 Å². The second-order valence-corrected chi connectivity index (χ2v) is 7.73. The molecule has 0 aliphatic rings. The Hall–Kier alpha value is -2.63. The second kappa shape index (κ2) is 7.32. The summed E-state index contributed by atoms with van der Waals surface area (Å²) in [7, 11) is 0. The highest BCUT2D eigenvalue weighted by Gasteiger charge is 2.33. The van der Waals surface area contributed by atoms with Crippen molar-refractivity contribution in [2.24, 2.45) is 5.92 Å². The number of nitrogens with zero attached hydrogens (tertiary/aromatic N) is 2. The zero-order chi connectivity index (χ0) is 19.6. The average molecular weight is 358 g/mol. The van der Waals surface area contributed by atoms with Gasteiger partial charge in [0, 0.05) is 24.0 Å². The summed E-state index contributed by atoms with van der Waals surface area (Å²) < 4.78 is 6.62. The molecule has 0 saturated heterocycles. The average Bonchev–Trinajstić information content (AvgIpc) is 2.90. The number of aromatic nitrogens is 1. The third-order valence-electron chi connectivity index (χ3n) is 3.87. The number of fused-ring (bicyclic) bond motifs is 1. The first kappa shape index (κ1) is 19.7. The molecule has 6 heteroatoms. The zero-order valence-electron chi connectivity index (χ0n) is 16.2. The monoisotopic (exact) mass is 358 g/mol. The highest BCUT2D eigenvalue weighted by molar-refractivity contribution is 6.13. The van der Waals surface area contributed by atoms with Gasteiger partial charge in [0.25, 0.3) is 5.91 Å². The largest absolute Gasteiger partial charge is 0.449 e. The molecule has 2 aromatic rings. The molecule has 26 heavy (non-hydrogen) atoms. The summed E-state index contributed by atoms with van der Waals surface area (Å²) in [4.78, 5) is 38.8. The number of para-hydroxylation sites is 1. The molecular formula is C20H26N2O4. The maximum Gasteiger partial charge on any atom is 0.418 e. The van der Waals surface area contributed by atoms with E-state index in [9.17, 15) is 14.4 Å². The molecule has 0 fully saturated rings. The smallest absolute Gasteiger partial charge is 0.418 e. The molecule has 0 unspecified atom stereocenters. The second-order valence-electron chi connectivity index (χ2n) is 7.73. The van der Waals surface area contributed by atoms with Gasteiger partial charge >= 0.3 is 6.09 Å². The number of amides is 2. The Bertz CT molecular complexity index is 843. The van der Waals surface area contributed by atoms with Crippen LogP contribution in [0.4, 0.5) is 4.79 Å². The number of carbonyl (C=O) groups excluding carboxylic acids is 3. The third-order valence-corrected chi connectivity index (χ3v) is 3.87. The molecule has 0 N–H and O–H groups in total. The van der Waals surface area contributed by atoms with Gasteiger partial charge in [-0.3, -0.25) is 19.1 Å². The minimum atomic E-state index is -0.676. The predicted octanol–water partition coefficient (Wildman–Crippen LogP) is 4.07. The van der Waals surface area contributed by atoms with E-state index in [2.05, 4.69) is 0 Å². The maximum absolute atomic E-state index is 13.1. The van der Waals surface area contributed by atoms with Gasteiger partial charge < -0.3 is 4.74 Å². The number of benzene rings is 1. The number of ether oxygens (including phenoxy) is 1. The summed E-state index contributed by atoms with van der Waals surface area (Å²) in [6, 6.07) is 7.08. The Morgan fingerprint density at radius 1 is 1.15 bits per heavy atom. The van der Waals surface area contributed by atoms with E-state index in [0.29, 0.717) is 16.5 Å².